The van der Waals surface area contributed by atoms with Gasteiger partial charge in [-0.3, -0.25) is 9.59 Å². The van der Waals surface area contributed by atoms with Gasteiger partial charge in [-0.1, -0.05) is 35.9 Å². The molecular formula is C22H15ClFNO4. The van der Waals surface area contributed by atoms with Gasteiger partial charge >= 0.3 is 5.97 Å². The van der Waals surface area contributed by atoms with Crippen molar-refractivity contribution >= 4 is 34.9 Å². The molecule has 5 nitrogen and oxygen atoms in total. The molecule has 0 aromatic heterocycles. The number of anilines is 1. The molecule has 1 N–H and O–H groups in total. The van der Waals surface area contributed by atoms with Crippen molar-refractivity contribution < 1.29 is 23.5 Å². The third-order valence-electron chi connectivity index (χ3n) is 4.00. The number of halogens is 2. The van der Waals surface area contributed by atoms with E-state index in [1.54, 1.807) is 36.4 Å². The molecule has 3 aromatic carbocycles. The van der Waals surface area contributed by atoms with Crippen LogP contribution in [0.15, 0.2) is 72.8 Å². The number of carbonyl (C=O) groups is 3. The van der Waals surface area contributed by atoms with Crippen LogP contribution in [0.25, 0.3) is 0 Å². The zero-order valence-electron chi connectivity index (χ0n) is 15.0. The highest BCUT2D eigenvalue weighted by atomic mass is 35.5. The number of rotatable bonds is 6. The first-order valence-electron chi connectivity index (χ1n) is 8.56. The van der Waals surface area contributed by atoms with Crippen molar-refractivity contribution in [1.29, 1.82) is 0 Å². The van der Waals surface area contributed by atoms with Crippen LogP contribution in [0.3, 0.4) is 0 Å². The fourth-order valence-electron chi connectivity index (χ4n) is 2.51. The van der Waals surface area contributed by atoms with Gasteiger partial charge in [0.25, 0.3) is 5.91 Å². The van der Waals surface area contributed by atoms with Crippen molar-refractivity contribution in [2.75, 3.05) is 11.9 Å². The molecule has 7 heteroatoms. The van der Waals surface area contributed by atoms with Crippen molar-refractivity contribution in [2.45, 2.75) is 0 Å². The molecule has 0 atom stereocenters. The van der Waals surface area contributed by atoms with Crippen LogP contribution in [0.4, 0.5) is 10.1 Å². The summed E-state index contributed by atoms with van der Waals surface area (Å²) in [5.74, 6) is -2.60. The maximum Gasteiger partial charge on any atom is 0.343 e. The smallest absolute Gasteiger partial charge is 0.343 e. The molecule has 0 radical (unpaired) electrons. The SMILES string of the molecule is O=C(COC(=O)c1c(F)cccc1Cl)c1ccc(NC(=O)c2ccccc2)cc1. The van der Waals surface area contributed by atoms with Crippen LogP contribution in [0.5, 0.6) is 0 Å². The number of hydrogen-bond acceptors (Lipinski definition) is 4. The first kappa shape index (κ1) is 20.2. The lowest BCUT2D eigenvalue weighted by Crippen LogP contribution is -2.16. The van der Waals surface area contributed by atoms with E-state index in [4.69, 9.17) is 16.3 Å². The predicted molar refractivity (Wildman–Crippen MR) is 107 cm³/mol. The van der Waals surface area contributed by atoms with Gasteiger partial charge in [0.1, 0.15) is 11.4 Å². The highest BCUT2D eigenvalue weighted by Gasteiger charge is 2.19. The van der Waals surface area contributed by atoms with Gasteiger partial charge in [-0.2, -0.15) is 0 Å². The second-order valence-corrected chi connectivity index (χ2v) is 6.40. The number of ketones is 1. The fraction of sp³-hybridized carbons (Fsp3) is 0.0455. The molecule has 0 heterocycles. The van der Waals surface area contributed by atoms with Crippen molar-refractivity contribution in [3.63, 3.8) is 0 Å². The van der Waals surface area contributed by atoms with Gasteiger partial charge in [0.05, 0.1) is 5.02 Å². The fourth-order valence-corrected chi connectivity index (χ4v) is 2.75. The lowest BCUT2D eigenvalue weighted by Gasteiger charge is -2.08. The van der Waals surface area contributed by atoms with Crippen LogP contribution in [0, 0.1) is 5.82 Å². The summed E-state index contributed by atoms with van der Waals surface area (Å²) in [4.78, 5) is 36.3. The van der Waals surface area contributed by atoms with E-state index in [2.05, 4.69) is 5.32 Å². The predicted octanol–water partition coefficient (Wildman–Crippen LogP) is 4.77. The molecule has 146 valence electrons. The molecule has 3 aromatic rings. The molecule has 1 amide bonds. The number of esters is 1. The van der Waals surface area contributed by atoms with E-state index in [1.165, 1.54) is 24.3 Å². The van der Waals surface area contributed by atoms with E-state index < -0.39 is 29.7 Å². The summed E-state index contributed by atoms with van der Waals surface area (Å²) in [5.41, 5.74) is 0.869. The molecule has 0 saturated carbocycles. The highest BCUT2D eigenvalue weighted by Crippen LogP contribution is 2.20. The Labute approximate surface area is 171 Å². The summed E-state index contributed by atoms with van der Waals surface area (Å²) in [5, 5.41) is 2.62. The minimum atomic E-state index is -1.02. The topological polar surface area (TPSA) is 72.5 Å². The highest BCUT2D eigenvalue weighted by molar-refractivity contribution is 6.33. The van der Waals surface area contributed by atoms with Crippen molar-refractivity contribution in [3.05, 3.63) is 100 Å². The Balaban J connectivity index is 1.59. The largest absolute Gasteiger partial charge is 0.454 e. The average Bonchev–Trinajstić information content (AvgIpc) is 2.73. The van der Waals surface area contributed by atoms with E-state index in [9.17, 15) is 18.8 Å². The third kappa shape index (κ3) is 5.06. The summed E-state index contributed by atoms with van der Waals surface area (Å²) in [7, 11) is 0. The number of amides is 1. The zero-order valence-corrected chi connectivity index (χ0v) is 15.8. The Morgan fingerprint density at radius 3 is 2.21 bits per heavy atom. The Bertz CT molecular complexity index is 1030. The summed E-state index contributed by atoms with van der Waals surface area (Å²) in [6.45, 7) is -0.570. The lowest BCUT2D eigenvalue weighted by molar-refractivity contribution is 0.0470. The first-order chi connectivity index (χ1) is 14.0. The van der Waals surface area contributed by atoms with Crippen LogP contribution in [0.2, 0.25) is 5.02 Å². The Hall–Kier alpha value is -3.51. The molecule has 0 unspecified atom stereocenters. The van der Waals surface area contributed by atoms with E-state index in [-0.39, 0.29) is 16.5 Å². The lowest BCUT2D eigenvalue weighted by atomic mass is 10.1. The molecule has 0 saturated heterocycles. The van der Waals surface area contributed by atoms with E-state index >= 15 is 0 Å². The van der Waals surface area contributed by atoms with Crippen LogP contribution in [-0.4, -0.2) is 24.3 Å². The van der Waals surface area contributed by atoms with Gasteiger partial charge in [-0.15, -0.1) is 0 Å². The van der Waals surface area contributed by atoms with E-state index in [0.29, 0.717) is 11.3 Å². The normalized spacial score (nSPS) is 10.3. The van der Waals surface area contributed by atoms with Crippen LogP contribution < -0.4 is 5.32 Å². The van der Waals surface area contributed by atoms with Crippen LogP contribution in [-0.2, 0) is 4.74 Å². The van der Waals surface area contributed by atoms with Crippen LogP contribution in [0.1, 0.15) is 31.1 Å². The molecule has 0 fully saturated rings. The van der Waals surface area contributed by atoms with Crippen molar-refractivity contribution in [2.24, 2.45) is 0 Å². The second kappa shape index (κ2) is 9.12. The molecule has 0 aliphatic rings. The maximum atomic E-state index is 13.7. The van der Waals surface area contributed by atoms with Gasteiger partial charge in [0.2, 0.25) is 0 Å². The van der Waals surface area contributed by atoms with Gasteiger partial charge in [0.15, 0.2) is 12.4 Å². The monoisotopic (exact) mass is 411 g/mol. The van der Waals surface area contributed by atoms with Gasteiger partial charge < -0.3 is 10.1 Å². The van der Waals surface area contributed by atoms with Gasteiger partial charge in [-0.25, -0.2) is 9.18 Å². The number of ether oxygens (including phenoxy) is 1. The maximum absolute atomic E-state index is 13.7. The molecular weight excluding hydrogens is 397 g/mol. The molecule has 0 aliphatic carbocycles. The first-order valence-corrected chi connectivity index (χ1v) is 8.94. The zero-order chi connectivity index (χ0) is 20.8. The molecule has 3 rings (SSSR count). The van der Waals surface area contributed by atoms with Gasteiger partial charge in [-0.05, 0) is 48.5 Å². The van der Waals surface area contributed by atoms with Gasteiger partial charge in [0, 0.05) is 16.8 Å². The standard InChI is InChI=1S/C22H15ClFNO4/c23-17-7-4-8-18(24)20(17)22(28)29-13-19(26)14-9-11-16(12-10-14)25-21(27)15-5-2-1-3-6-15/h1-12H,13H2,(H,25,27). The summed E-state index contributed by atoms with van der Waals surface area (Å²) >= 11 is 5.80. The number of carbonyl (C=O) groups excluding carboxylic acids is 3. The van der Waals surface area contributed by atoms with E-state index in [1.807, 2.05) is 6.07 Å². The number of Topliss-reactive ketones (excluding diaryl/α,β-unsaturated/α-hetero) is 1. The quantitative estimate of drug-likeness (QED) is 0.468. The summed E-state index contributed by atoms with van der Waals surface area (Å²) < 4.78 is 18.6. The molecule has 0 spiro atoms. The van der Waals surface area contributed by atoms with Crippen molar-refractivity contribution in [3.8, 4) is 0 Å². The van der Waals surface area contributed by atoms with Crippen LogP contribution >= 0.6 is 11.6 Å². The molecule has 29 heavy (non-hydrogen) atoms. The summed E-state index contributed by atoms with van der Waals surface area (Å²) in [6.07, 6.45) is 0. The minimum absolute atomic E-state index is 0.0963. The minimum Gasteiger partial charge on any atom is -0.454 e. The third-order valence-corrected chi connectivity index (χ3v) is 4.32. The molecule has 0 aliphatic heterocycles. The average molecular weight is 412 g/mol. The number of hydrogen-bond donors (Lipinski definition) is 1. The second-order valence-electron chi connectivity index (χ2n) is 5.99. The Kier molecular flexibility index (Phi) is 6.36. The van der Waals surface area contributed by atoms with Crippen molar-refractivity contribution in [1.82, 2.24) is 0 Å². The Morgan fingerprint density at radius 2 is 1.55 bits per heavy atom. The Morgan fingerprint density at radius 1 is 0.862 bits per heavy atom. The number of benzene rings is 3. The summed E-state index contributed by atoms with van der Waals surface area (Å²) in [6, 6.07) is 18.6. The van der Waals surface area contributed by atoms with E-state index in [0.717, 1.165) is 6.07 Å². The molecule has 0 bridgehead atoms. The number of nitrogens with one attached hydrogen (secondary N) is 1.